The minimum absolute atomic E-state index is 0.0711. The first kappa shape index (κ1) is 23.2. The van der Waals surface area contributed by atoms with Crippen molar-refractivity contribution in [2.45, 2.75) is 36.3 Å². The maximum atomic E-state index is 13.8. The summed E-state index contributed by atoms with van der Waals surface area (Å²) in [4.78, 5) is 11.2. The summed E-state index contributed by atoms with van der Waals surface area (Å²) in [6.07, 6.45) is -2.50. The predicted molar refractivity (Wildman–Crippen MR) is 124 cm³/mol. The number of hydrogen-bond donors (Lipinski definition) is 1. The molecule has 5 rings (SSSR count). The summed E-state index contributed by atoms with van der Waals surface area (Å²) in [5.74, 6) is -0.767. The van der Waals surface area contributed by atoms with Crippen LogP contribution in [0.3, 0.4) is 0 Å². The maximum Gasteiger partial charge on any atom is 0.416 e. The second-order valence-corrected chi connectivity index (χ2v) is 10.5. The summed E-state index contributed by atoms with van der Waals surface area (Å²) in [6.45, 7) is 0. The summed E-state index contributed by atoms with van der Waals surface area (Å²) in [5, 5.41) is 9.27. The standard InChI is InChI=1S/C26H20F3NO4S/c27-26(28,29)21-10-11-24-20(13-21)14-22(12-16-4-6-18(7-5-16)25(31)32)30(24)35(33,34)23-3-1-2-19(15-23)17-8-9-17/h1-7,10-11,13-15,17H,8-9,12H2,(H,31,32). The van der Waals surface area contributed by atoms with Crippen LogP contribution in [0.4, 0.5) is 13.2 Å². The molecule has 0 unspecified atom stereocenters. The average molecular weight is 500 g/mol. The Hall–Kier alpha value is -3.59. The van der Waals surface area contributed by atoms with Crippen molar-refractivity contribution in [1.29, 1.82) is 0 Å². The van der Waals surface area contributed by atoms with E-state index in [4.69, 9.17) is 5.11 Å². The zero-order valence-electron chi connectivity index (χ0n) is 18.3. The Morgan fingerprint density at radius 2 is 1.69 bits per heavy atom. The van der Waals surface area contributed by atoms with Gasteiger partial charge in [0.2, 0.25) is 0 Å². The second kappa shape index (κ2) is 8.27. The first-order valence-electron chi connectivity index (χ1n) is 10.9. The van der Waals surface area contributed by atoms with Gasteiger partial charge in [-0.3, -0.25) is 0 Å². The molecule has 35 heavy (non-hydrogen) atoms. The highest BCUT2D eigenvalue weighted by Gasteiger charge is 2.32. The van der Waals surface area contributed by atoms with Gasteiger partial charge in [-0.25, -0.2) is 17.2 Å². The fourth-order valence-electron chi connectivity index (χ4n) is 4.26. The van der Waals surface area contributed by atoms with Crippen LogP contribution < -0.4 is 0 Å². The monoisotopic (exact) mass is 499 g/mol. The minimum Gasteiger partial charge on any atom is -0.478 e. The fourth-order valence-corrected chi connectivity index (χ4v) is 5.85. The largest absolute Gasteiger partial charge is 0.478 e. The number of alkyl halides is 3. The third kappa shape index (κ3) is 4.43. The Morgan fingerprint density at radius 3 is 2.31 bits per heavy atom. The summed E-state index contributed by atoms with van der Waals surface area (Å²) in [5.41, 5.74) is 1.18. The number of nitrogens with zero attached hydrogens (tertiary/aromatic N) is 1. The van der Waals surface area contributed by atoms with Gasteiger partial charge in [-0.15, -0.1) is 0 Å². The molecule has 0 bridgehead atoms. The molecule has 0 atom stereocenters. The number of aromatic carboxylic acids is 1. The first-order chi connectivity index (χ1) is 16.5. The van der Waals surface area contributed by atoms with E-state index < -0.39 is 27.7 Å². The fraction of sp³-hybridized carbons (Fsp3) is 0.192. The van der Waals surface area contributed by atoms with Gasteiger partial charge >= 0.3 is 12.1 Å². The number of benzene rings is 3. The van der Waals surface area contributed by atoms with E-state index in [1.54, 1.807) is 24.3 Å². The molecule has 0 spiro atoms. The number of carbonyl (C=O) groups is 1. The van der Waals surface area contributed by atoms with Gasteiger partial charge < -0.3 is 5.11 Å². The van der Waals surface area contributed by atoms with E-state index in [0.29, 0.717) is 11.5 Å². The normalized spacial score (nSPS) is 14.4. The summed E-state index contributed by atoms with van der Waals surface area (Å²) >= 11 is 0. The zero-order valence-corrected chi connectivity index (χ0v) is 19.1. The van der Waals surface area contributed by atoms with E-state index in [-0.39, 0.29) is 33.5 Å². The highest BCUT2D eigenvalue weighted by molar-refractivity contribution is 7.90. The highest BCUT2D eigenvalue weighted by atomic mass is 32.2. The summed E-state index contributed by atoms with van der Waals surface area (Å²) in [6, 6.07) is 17.1. The molecule has 1 N–H and O–H groups in total. The molecule has 180 valence electrons. The number of fused-ring (bicyclic) bond motifs is 1. The van der Waals surface area contributed by atoms with Crippen molar-refractivity contribution in [3.63, 3.8) is 0 Å². The molecule has 1 aromatic heterocycles. The molecule has 1 heterocycles. The maximum absolute atomic E-state index is 13.8. The van der Waals surface area contributed by atoms with Crippen LogP contribution in [-0.2, 0) is 22.6 Å². The summed E-state index contributed by atoms with van der Waals surface area (Å²) in [7, 11) is -4.13. The number of carboxylic acids is 1. The minimum atomic E-state index is -4.57. The molecule has 0 radical (unpaired) electrons. The highest BCUT2D eigenvalue weighted by Crippen LogP contribution is 2.41. The van der Waals surface area contributed by atoms with Crippen LogP contribution in [0.25, 0.3) is 10.9 Å². The van der Waals surface area contributed by atoms with Crippen molar-refractivity contribution < 1.29 is 31.5 Å². The molecule has 0 saturated heterocycles. The van der Waals surface area contributed by atoms with Crippen molar-refractivity contribution in [3.8, 4) is 0 Å². The number of aromatic nitrogens is 1. The SMILES string of the molecule is O=C(O)c1ccc(Cc2cc3cc(C(F)(F)F)ccc3n2S(=O)(=O)c2cccc(C3CC3)c2)cc1. The van der Waals surface area contributed by atoms with E-state index >= 15 is 0 Å². The Balaban J connectivity index is 1.66. The molecule has 1 aliphatic carbocycles. The Labute approximate surface area is 199 Å². The van der Waals surface area contributed by atoms with Gasteiger partial charge in [0.1, 0.15) is 0 Å². The van der Waals surface area contributed by atoms with E-state index in [1.807, 2.05) is 6.07 Å². The van der Waals surface area contributed by atoms with Crippen LogP contribution in [0, 0.1) is 0 Å². The van der Waals surface area contributed by atoms with Crippen molar-refractivity contribution in [3.05, 3.63) is 101 Å². The molecular formula is C26H20F3NO4S. The molecule has 1 aliphatic rings. The Bertz CT molecular complexity index is 1550. The Kier molecular flexibility index (Phi) is 5.47. The second-order valence-electron chi connectivity index (χ2n) is 8.70. The average Bonchev–Trinajstić information content (AvgIpc) is 3.59. The van der Waals surface area contributed by atoms with Crippen LogP contribution >= 0.6 is 0 Å². The van der Waals surface area contributed by atoms with Gasteiger partial charge in [-0.05, 0) is 78.4 Å². The van der Waals surface area contributed by atoms with Gasteiger partial charge in [0, 0.05) is 17.5 Å². The van der Waals surface area contributed by atoms with Gasteiger partial charge in [-0.1, -0.05) is 24.3 Å². The number of halogens is 3. The van der Waals surface area contributed by atoms with E-state index in [0.717, 1.165) is 34.5 Å². The van der Waals surface area contributed by atoms with Gasteiger partial charge in [0.15, 0.2) is 0 Å². The van der Waals surface area contributed by atoms with Crippen molar-refractivity contribution in [2.75, 3.05) is 0 Å². The van der Waals surface area contributed by atoms with E-state index in [9.17, 15) is 26.4 Å². The van der Waals surface area contributed by atoms with Crippen LogP contribution in [0.15, 0.2) is 77.7 Å². The molecule has 3 aromatic carbocycles. The molecule has 0 aliphatic heterocycles. The Morgan fingerprint density at radius 1 is 0.971 bits per heavy atom. The van der Waals surface area contributed by atoms with Crippen molar-refractivity contribution in [2.24, 2.45) is 0 Å². The van der Waals surface area contributed by atoms with Crippen LogP contribution in [0.2, 0.25) is 0 Å². The lowest BCUT2D eigenvalue weighted by atomic mass is 10.1. The van der Waals surface area contributed by atoms with Crippen LogP contribution in [0.1, 0.15) is 51.5 Å². The zero-order chi connectivity index (χ0) is 25.0. The van der Waals surface area contributed by atoms with E-state index in [2.05, 4.69) is 0 Å². The molecule has 1 fully saturated rings. The lowest BCUT2D eigenvalue weighted by molar-refractivity contribution is -0.137. The third-order valence-corrected chi connectivity index (χ3v) is 7.95. The summed E-state index contributed by atoms with van der Waals surface area (Å²) < 4.78 is 68.7. The smallest absolute Gasteiger partial charge is 0.416 e. The topological polar surface area (TPSA) is 76.4 Å². The lowest BCUT2D eigenvalue weighted by Gasteiger charge is -2.14. The van der Waals surface area contributed by atoms with Crippen molar-refractivity contribution >= 4 is 26.9 Å². The lowest BCUT2D eigenvalue weighted by Crippen LogP contribution is -2.16. The molecule has 5 nitrogen and oxygen atoms in total. The van der Waals surface area contributed by atoms with Crippen molar-refractivity contribution in [1.82, 2.24) is 3.97 Å². The predicted octanol–water partition coefficient (Wildman–Crippen LogP) is 6.06. The van der Waals surface area contributed by atoms with E-state index in [1.165, 1.54) is 30.3 Å². The first-order valence-corrected chi connectivity index (χ1v) is 12.4. The molecule has 0 amide bonds. The molecule has 1 saturated carbocycles. The van der Waals surface area contributed by atoms with Gasteiger partial charge in [-0.2, -0.15) is 13.2 Å². The molecule has 4 aromatic rings. The molecule has 9 heteroatoms. The number of rotatable bonds is 6. The van der Waals surface area contributed by atoms with Crippen LogP contribution in [0.5, 0.6) is 0 Å². The van der Waals surface area contributed by atoms with Crippen LogP contribution in [-0.4, -0.2) is 23.5 Å². The molecular weight excluding hydrogens is 479 g/mol. The third-order valence-electron chi connectivity index (χ3n) is 6.19. The van der Waals surface area contributed by atoms with Gasteiger partial charge in [0.05, 0.1) is 21.5 Å². The van der Waals surface area contributed by atoms with Gasteiger partial charge in [0.25, 0.3) is 10.0 Å². The number of carboxylic acid groups (broad SMARTS) is 1. The number of hydrogen-bond acceptors (Lipinski definition) is 3. The quantitative estimate of drug-likeness (QED) is 0.350.